The number of urea groups is 1. The number of benzene rings is 1. The maximum absolute atomic E-state index is 12.8. The molecule has 1 fully saturated rings. The molecule has 0 unspecified atom stereocenters. The summed E-state index contributed by atoms with van der Waals surface area (Å²) in [5.41, 5.74) is 1.57. The molecule has 0 spiro atoms. The predicted molar refractivity (Wildman–Crippen MR) is 109 cm³/mol. The second kappa shape index (κ2) is 8.60. The maximum Gasteiger partial charge on any atom is 0.319 e. The van der Waals surface area contributed by atoms with Crippen LogP contribution in [0.4, 0.5) is 16.2 Å². The summed E-state index contributed by atoms with van der Waals surface area (Å²) in [5, 5.41) is 4.90. The van der Waals surface area contributed by atoms with Crippen molar-refractivity contribution in [2.75, 3.05) is 43.4 Å². The Morgan fingerprint density at radius 2 is 1.68 bits per heavy atom. The number of nitrogens with one attached hydrogen (secondary N) is 2. The number of aromatic nitrogens is 1. The van der Waals surface area contributed by atoms with E-state index in [4.69, 9.17) is 0 Å². The minimum absolute atomic E-state index is 0.0424. The smallest absolute Gasteiger partial charge is 0.319 e. The second-order valence-electron chi connectivity index (χ2n) is 6.69. The summed E-state index contributed by atoms with van der Waals surface area (Å²) in [5.74, 6) is -0.102. The quantitative estimate of drug-likeness (QED) is 0.832. The molecule has 8 nitrogen and oxygen atoms in total. The van der Waals surface area contributed by atoms with Gasteiger partial charge in [0.05, 0.1) is 0 Å². The first-order valence-corrected chi connectivity index (χ1v) is 9.26. The highest BCUT2D eigenvalue weighted by atomic mass is 16.2. The van der Waals surface area contributed by atoms with Gasteiger partial charge in [-0.05, 0) is 31.2 Å². The Bertz CT molecular complexity index is 902. The highest BCUT2D eigenvalue weighted by Gasteiger charge is 2.22. The number of hydrogen-bond acceptors (Lipinski definition) is 4. The summed E-state index contributed by atoms with van der Waals surface area (Å²) < 4.78 is 1.40. The molecule has 0 aliphatic carbocycles. The van der Waals surface area contributed by atoms with E-state index in [0.29, 0.717) is 18.8 Å². The molecule has 3 rings (SSSR count). The lowest BCUT2D eigenvalue weighted by Crippen LogP contribution is -2.50. The summed E-state index contributed by atoms with van der Waals surface area (Å²) in [6, 6.07) is 12.9. The summed E-state index contributed by atoms with van der Waals surface area (Å²) in [7, 11) is 1.47. The lowest BCUT2D eigenvalue weighted by atomic mass is 10.2. The summed E-state index contributed by atoms with van der Waals surface area (Å²) in [4.78, 5) is 40.9. The van der Waals surface area contributed by atoms with Crippen molar-refractivity contribution >= 4 is 23.3 Å². The van der Waals surface area contributed by atoms with Gasteiger partial charge in [-0.2, -0.15) is 0 Å². The lowest BCUT2D eigenvalue weighted by Gasteiger charge is -2.36. The largest absolute Gasteiger partial charge is 0.368 e. The summed E-state index contributed by atoms with van der Waals surface area (Å²) in [6.45, 7) is 4.45. The van der Waals surface area contributed by atoms with E-state index in [2.05, 4.69) is 27.7 Å². The Morgan fingerprint density at radius 3 is 2.32 bits per heavy atom. The molecule has 0 saturated carbocycles. The van der Waals surface area contributed by atoms with Gasteiger partial charge in [-0.25, -0.2) is 4.79 Å². The number of aryl methyl sites for hydroxylation is 1. The minimum Gasteiger partial charge on any atom is -0.368 e. The van der Waals surface area contributed by atoms with Crippen molar-refractivity contribution in [2.45, 2.75) is 13.5 Å². The van der Waals surface area contributed by atoms with Crippen molar-refractivity contribution in [3.63, 3.8) is 0 Å². The van der Waals surface area contributed by atoms with Crippen LogP contribution < -0.4 is 21.1 Å². The van der Waals surface area contributed by atoms with E-state index in [-0.39, 0.29) is 23.7 Å². The van der Waals surface area contributed by atoms with Crippen molar-refractivity contribution in [3.05, 3.63) is 58.5 Å². The molecule has 1 saturated heterocycles. The number of nitrogens with zero attached hydrogens (tertiary/aromatic N) is 3. The van der Waals surface area contributed by atoms with Gasteiger partial charge >= 0.3 is 6.03 Å². The van der Waals surface area contributed by atoms with E-state index in [9.17, 15) is 14.4 Å². The van der Waals surface area contributed by atoms with Gasteiger partial charge < -0.3 is 25.0 Å². The van der Waals surface area contributed by atoms with Gasteiger partial charge in [0, 0.05) is 44.6 Å². The van der Waals surface area contributed by atoms with Gasteiger partial charge in [0.2, 0.25) is 5.91 Å². The third-order valence-electron chi connectivity index (χ3n) is 4.91. The SMILES string of the molecule is CNC(=O)Nc1ccc(C)n(CC(=O)N2CCN(c3ccccc3)CC2)c1=O. The Kier molecular flexibility index (Phi) is 5.98. The first kappa shape index (κ1) is 19.5. The van der Waals surface area contributed by atoms with E-state index in [1.165, 1.54) is 11.6 Å². The van der Waals surface area contributed by atoms with Crippen LogP contribution in [-0.2, 0) is 11.3 Å². The molecule has 148 valence electrons. The number of para-hydroxylation sites is 1. The second-order valence-corrected chi connectivity index (χ2v) is 6.69. The third-order valence-corrected chi connectivity index (χ3v) is 4.91. The van der Waals surface area contributed by atoms with Gasteiger partial charge in [0.25, 0.3) is 5.56 Å². The number of piperazine rings is 1. The number of rotatable bonds is 4. The monoisotopic (exact) mass is 383 g/mol. The molecule has 2 N–H and O–H groups in total. The van der Waals surface area contributed by atoms with Crippen LogP contribution >= 0.6 is 0 Å². The molecule has 0 radical (unpaired) electrons. The van der Waals surface area contributed by atoms with Gasteiger partial charge in [-0.15, -0.1) is 0 Å². The fourth-order valence-electron chi connectivity index (χ4n) is 3.24. The van der Waals surface area contributed by atoms with Crippen LogP contribution in [0.5, 0.6) is 0 Å². The number of anilines is 2. The molecule has 0 atom stereocenters. The Hall–Kier alpha value is -3.29. The van der Waals surface area contributed by atoms with E-state index in [0.717, 1.165) is 18.8 Å². The summed E-state index contributed by atoms with van der Waals surface area (Å²) in [6.07, 6.45) is 0. The molecule has 1 aliphatic rings. The number of hydrogen-bond donors (Lipinski definition) is 2. The molecule has 2 heterocycles. The molecule has 1 aliphatic heterocycles. The number of amides is 3. The fourth-order valence-corrected chi connectivity index (χ4v) is 3.24. The Balaban J connectivity index is 1.66. The zero-order valence-electron chi connectivity index (χ0n) is 16.1. The van der Waals surface area contributed by atoms with Gasteiger partial charge in [-0.3, -0.25) is 9.59 Å². The van der Waals surface area contributed by atoms with E-state index < -0.39 is 6.03 Å². The number of carbonyl (C=O) groups excluding carboxylic acids is 2. The van der Waals surface area contributed by atoms with Crippen LogP contribution in [0.15, 0.2) is 47.3 Å². The van der Waals surface area contributed by atoms with Crippen LogP contribution in [0.3, 0.4) is 0 Å². The van der Waals surface area contributed by atoms with Crippen LogP contribution in [0.2, 0.25) is 0 Å². The fraction of sp³-hybridized carbons (Fsp3) is 0.350. The van der Waals surface area contributed by atoms with Crippen molar-refractivity contribution in [2.24, 2.45) is 0 Å². The standard InChI is InChI=1S/C20H25N5O3/c1-15-8-9-17(22-20(28)21-2)19(27)25(15)14-18(26)24-12-10-23(11-13-24)16-6-4-3-5-7-16/h3-9H,10-14H2,1-2H3,(H2,21,22,28). The van der Waals surface area contributed by atoms with Crippen molar-refractivity contribution < 1.29 is 9.59 Å². The topological polar surface area (TPSA) is 86.7 Å². The molecule has 8 heteroatoms. The molecule has 2 aromatic rings. The van der Waals surface area contributed by atoms with Crippen LogP contribution in [0.1, 0.15) is 5.69 Å². The minimum atomic E-state index is -0.476. The van der Waals surface area contributed by atoms with Gasteiger partial charge in [0.1, 0.15) is 12.2 Å². The summed E-state index contributed by atoms with van der Waals surface area (Å²) >= 11 is 0. The van der Waals surface area contributed by atoms with E-state index in [1.807, 2.05) is 18.2 Å². The van der Waals surface area contributed by atoms with Crippen LogP contribution in [-0.4, -0.2) is 54.6 Å². The lowest BCUT2D eigenvalue weighted by molar-refractivity contribution is -0.132. The first-order valence-electron chi connectivity index (χ1n) is 9.26. The number of pyridine rings is 1. The molecule has 28 heavy (non-hydrogen) atoms. The van der Waals surface area contributed by atoms with Crippen molar-refractivity contribution in [1.29, 1.82) is 0 Å². The zero-order valence-corrected chi connectivity index (χ0v) is 16.1. The van der Waals surface area contributed by atoms with E-state index >= 15 is 0 Å². The molecule has 3 amide bonds. The highest BCUT2D eigenvalue weighted by Crippen LogP contribution is 2.16. The molecular weight excluding hydrogens is 358 g/mol. The van der Waals surface area contributed by atoms with Crippen LogP contribution in [0, 0.1) is 6.92 Å². The molecule has 0 bridgehead atoms. The molecule has 1 aromatic heterocycles. The van der Waals surface area contributed by atoms with Gasteiger partial charge in [-0.1, -0.05) is 18.2 Å². The molecular formula is C20H25N5O3. The van der Waals surface area contributed by atoms with Crippen molar-refractivity contribution in [3.8, 4) is 0 Å². The maximum atomic E-state index is 12.8. The Labute approximate surface area is 163 Å². The zero-order chi connectivity index (χ0) is 20.1. The average Bonchev–Trinajstić information content (AvgIpc) is 2.73. The third kappa shape index (κ3) is 4.33. The Morgan fingerprint density at radius 1 is 1.00 bits per heavy atom. The first-order chi connectivity index (χ1) is 13.5. The predicted octanol–water partition coefficient (Wildman–Crippen LogP) is 1.26. The van der Waals surface area contributed by atoms with E-state index in [1.54, 1.807) is 24.0 Å². The highest BCUT2D eigenvalue weighted by molar-refractivity contribution is 5.88. The van der Waals surface area contributed by atoms with Gasteiger partial charge in [0.15, 0.2) is 0 Å². The normalized spacial score (nSPS) is 13.9. The molecule has 1 aromatic carbocycles. The van der Waals surface area contributed by atoms with Crippen LogP contribution in [0.25, 0.3) is 0 Å². The number of carbonyl (C=O) groups is 2. The average molecular weight is 383 g/mol. The van der Waals surface area contributed by atoms with Crippen molar-refractivity contribution in [1.82, 2.24) is 14.8 Å².